The van der Waals surface area contributed by atoms with Crippen molar-refractivity contribution in [3.8, 4) is 0 Å². The van der Waals surface area contributed by atoms with Gasteiger partial charge in [0.05, 0.1) is 5.52 Å². The van der Waals surface area contributed by atoms with E-state index in [1.165, 1.54) is 11.1 Å². The maximum Gasteiger partial charge on any atom is 0.244 e. The molecular weight excluding hydrogens is 264 g/mol. The average Bonchev–Trinajstić information content (AvgIpc) is 2.81. The van der Waals surface area contributed by atoms with Gasteiger partial charge in [-0.25, -0.2) is 4.68 Å². The molecule has 1 aromatic heterocycles. The lowest BCUT2D eigenvalue weighted by Crippen LogP contribution is -2.35. The van der Waals surface area contributed by atoms with E-state index < -0.39 is 0 Å². The van der Waals surface area contributed by atoms with E-state index in [0.717, 1.165) is 37.0 Å². The molecule has 0 saturated carbocycles. The van der Waals surface area contributed by atoms with Crippen LogP contribution in [0, 0.1) is 13.8 Å². The molecule has 21 heavy (non-hydrogen) atoms. The summed E-state index contributed by atoms with van der Waals surface area (Å²) >= 11 is 0. The number of aromatic nitrogens is 3. The van der Waals surface area contributed by atoms with Gasteiger partial charge in [-0.2, -0.15) is 0 Å². The van der Waals surface area contributed by atoms with Crippen molar-refractivity contribution in [3.63, 3.8) is 0 Å². The predicted octanol–water partition coefficient (Wildman–Crippen LogP) is 2.70. The van der Waals surface area contributed by atoms with Gasteiger partial charge in [0.1, 0.15) is 12.1 Å². The molecule has 0 aliphatic rings. The lowest BCUT2D eigenvalue weighted by molar-refractivity contribution is -0.132. The molecule has 0 saturated heterocycles. The third kappa shape index (κ3) is 3.40. The number of hydrogen-bond acceptors (Lipinski definition) is 3. The highest BCUT2D eigenvalue weighted by Gasteiger charge is 2.15. The molecule has 0 unspecified atom stereocenters. The van der Waals surface area contributed by atoms with Gasteiger partial charge in [0, 0.05) is 13.1 Å². The molecule has 2 rings (SSSR count). The van der Waals surface area contributed by atoms with Crippen molar-refractivity contribution < 1.29 is 4.79 Å². The number of carbonyl (C=O) groups is 1. The van der Waals surface area contributed by atoms with Gasteiger partial charge >= 0.3 is 0 Å². The first kappa shape index (κ1) is 15.5. The Balaban J connectivity index is 2.22. The predicted molar refractivity (Wildman–Crippen MR) is 84.2 cm³/mol. The van der Waals surface area contributed by atoms with Crippen LogP contribution in [0.25, 0.3) is 11.0 Å². The number of amides is 1. The Morgan fingerprint density at radius 1 is 1.14 bits per heavy atom. The number of carbonyl (C=O) groups excluding carboxylic acids is 1. The van der Waals surface area contributed by atoms with Crippen LogP contribution in [0.2, 0.25) is 0 Å². The molecule has 0 spiro atoms. The quantitative estimate of drug-likeness (QED) is 0.821. The van der Waals surface area contributed by atoms with Crippen LogP contribution in [0.5, 0.6) is 0 Å². The summed E-state index contributed by atoms with van der Waals surface area (Å²) in [6.45, 7) is 10.2. The number of hydrogen-bond donors (Lipinski definition) is 0. The van der Waals surface area contributed by atoms with Gasteiger partial charge in [0.15, 0.2) is 0 Å². The molecule has 1 aromatic carbocycles. The Bertz CT molecular complexity index is 626. The minimum absolute atomic E-state index is 0.115. The minimum Gasteiger partial charge on any atom is -0.341 e. The van der Waals surface area contributed by atoms with E-state index in [1.807, 2.05) is 11.0 Å². The summed E-state index contributed by atoms with van der Waals surface area (Å²) in [5.41, 5.74) is 4.17. The molecule has 1 amide bonds. The summed E-state index contributed by atoms with van der Waals surface area (Å²) in [4.78, 5) is 14.3. The van der Waals surface area contributed by atoms with E-state index in [2.05, 4.69) is 44.1 Å². The Morgan fingerprint density at radius 2 is 1.76 bits per heavy atom. The van der Waals surface area contributed by atoms with Gasteiger partial charge in [-0.1, -0.05) is 19.1 Å². The average molecular weight is 288 g/mol. The molecule has 5 heteroatoms. The van der Waals surface area contributed by atoms with Crippen LogP contribution in [0.15, 0.2) is 12.1 Å². The van der Waals surface area contributed by atoms with Crippen molar-refractivity contribution in [3.05, 3.63) is 23.3 Å². The number of fused-ring (bicyclic) bond motifs is 1. The highest BCUT2D eigenvalue weighted by molar-refractivity contribution is 5.80. The molecule has 0 aliphatic carbocycles. The molecule has 114 valence electrons. The summed E-state index contributed by atoms with van der Waals surface area (Å²) in [7, 11) is 0. The van der Waals surface area contributed by atoms with E-state index in [9.17, 15) is 4.79 Å². The molecule has 0 fully saturated rings. The molecule has 0 bridgehead atoms. The van der Waals surface area contributed by atoms with Gasteiger partial charge in [-0.15, -0.1) is 5.10 Å². The largest absolute Gasteiger partial charge is 0.341 e. The van der Waals surface area contributed by atoms with Crippen LogP contribution in [0.1, 0.15) is 37.8 Å². The second-order valence-electron chi connectivity index (χ2n) is 5.55. The van der Waals surface area contributed by atoms with E-state index in [-0.39, 0.29) is 12.5 Å². The second kappa shape index (κ2) is 6.70. The van der Waals surface area contributed by atoms with Gasteiger partial charge in [-0.3, -0.25) is 4.79 Å². The fraction of sp³-hybridized carbons (Fsp3) is 0.562. The van der Waals surface area contributed by atoms with Crippen LogP contribution < -0.4 is 0 Å². The Kier molecular flexibility index (Phi) is 4.94. The van der Waals surface area contributed by atoms with Gasteiger partial charge in [-0.05, 0) is 49.9 Å². The lowest BCUT2D eigenvalue weighted by Gasteiger charge is -2.21. The summed E-state index contributed by atoms with van der Waals surface area (Å²) in [5.74, 6) is 0.115. The molecule has 0 aliphatic heterocycles. The monoisotopic (exact) mass is 288 g/mol. The lowest BCUT2D eigenvalue weighted by atomic mass is 10.1. The zero-order chi connectivity index (χ0) is 15.4. The third-order valence-corrected chi connectivity index (χ3v) is 3.75. The Hall–Kier alpha value is -1.91. The van der Waals surface area contributed by atoms with Crippen molar-refractivity contribution in [2.24, 2.45) is 0 Å². The maximum atomic E-state index is 12.4. The number of benzene rings is 1. The number of aryl methyl sites for hydroxylation is 2. The summed E-state index contributed by atoms with van der Waals surface area (Å²) in [6, 6.07) is 4.08. The molecule has 0 atom stereocenters. The smallest absolute Gasteiger partial charge is 0.244 e. The Morgan fingerprint density at radius 3 is 2.38 bits per heavy atom. The molecule has 5 nitrogen and oxygen atoms in total. The number of nitrogens with zero attached hydrogens (tertiary/aromatic N) is 4. The van der Waals surface area contributed by atoms with E-state index >= 15 is 0 Å². The first-order valence-corrected chi connectivity index (χ1v) is 7.65. The number of rotatable bonds is 6. The van der Waals surface area contributed by atoms with Crippen LogP contribution in [-0.4, -0.2) is 38.9 Å². The topological polar surface area (TPSA) is 51.0 Å². The standard InChI is InChI=1S/C16H24N4O/c1-5-7-19(8-6-2)16(21)11-20-15-10-13(4)12(3)9-14(15)17-18-20/h9-10H,5-8,11H2,1-4H3. The van der Waals surface area contributed by atoms with E-state index in [1.54, 1.807) is 4.68 Å². The normalized spacial score (nSPS) is 11.0. The zero-order valence-electron chi connectivity index (χ0n) is 13.4. The van der Waals surface area contributed by atoms with Crippen LogP contribution in [-0.2, 0) is 11.3 Å². The first-order valence-electron chi connectivity index (χ1n) is 7.65. The van der Waals surface area contributed by atoms with Crippen molar-refractivity contribution in [2.45, 2.75) is 47.1 Å². The summed E-state index contributed by atoms with van der Waals surface area (Å²) in [6.07, 6.45) is 1.95. The van der Waals surface area contributed by atoms with Crippen molar-refractivity contribution in [1.29, 1.82) is 0 Å². The molecular formula is C16H24N4O. The summed E-state index contributed by atoms with van der Waals surface area (Å²) in [5, 5.41) is 8.31. The fourth-order valence-electron chi connectivity index (χ4n) is 2.47. The highest BCUT2D eigenvalue weighted by Crippen LogP contribution is 2.17. The zero-order valence-corrected chi connectivity index (χ0v) is 13.4. The van der Waals surface area contributed by atoms with Crippen LogP contribution in [0.4, 0.5) is 0 Å². The second-order valence-corrected chi connectivity index (χ2v) is 5.55. The SMILES string of the molecule is CCCN(CCC)C(=O)Cn1nnc2cc(C)c(C)cc21. The molecule has 0 N–H and O–H groups in total. The maximum absolute atomic E-state index is 12.4. The first-order chi connectivity index (χ1) is 10.1. The molecule has 1 heterocycles. The Labute approximate surface area is 125 Å². The van der Waals surface area contributed by atoms with Crippen molar-refractivity contribution in [1.82, 2.24) is 19.9 Å². The van der Waals surface area contributed by atoms with Gasteiger partial charge in [0.25, 0.3) is 0 Å². The molecule has 2 aromatic rings. The summed E-state index contributed by atoms with van der Waals surface area (Å²) < 4.78 is 1.71. The van der Waals surface area contributed by atoms with Gasteiger partial charge in [0.2, 0.25) is 5.91 Å². The van der Waals surface area contributed by atoms with E-state index in [4.69, 9.17) is 0 Å². The minimum atomic E-state index is 0.115. The molecule has 0 radical (unpaired) electrons. The van der Waals surface area contributed by atoms with Crippen LogP contribution >= 0.6 is 0 Å². The third-order valence-electron chi connectivity index (χ3n) is 3.75. The van der Waals surface area contributed by atoms with Crippen molar-refractivity contribution >= 4 is 16.9 Å². The van der Waals surface area contributed by atoms with Crippen molar-refractivity contribution in [2.75, 3.05) is 13.1 Å². The highest BCUT2D eigenvalue weighted by atomic mass is 16.2. The van der Waals surface area contributed by atoms with Gasteiger partial charge < -0.3 is 4.90 Å². The van der Waals surface area contributed by atoms with E-state index in [0.29, 0.717) is 0 Å². The fourth-order valence-corrected chi connectivity index (χ4v) is 2.47. The van der Waals surface area contributed by atoms with Crippen LogP contribution in [0.3, 0.4) is 0 Å².